The number of carbonyl (C=O) groups excluding carboxylic acids is 1. The molecule has 0 aromatic carbocycles. The Labute approximate surface area is 90.4 Å². The van der Waals surface area contributed by atoms with E-state index in [0.717, 1.165) is 6.26 Å². The fraction of sp³-hybridized carbons (Fsp3) is 0.667. The smallest absolute Gasteiger partial charge is 0.407 e. The summed E-state index contributed by atoms with van der Waals surface area (Å²) < 4.78 is 26.8. The Balaban J connectivity index is 4.09. The molecule has 6 heteroatoms. The number of hydrogen-bond donors (Lipinski definition) is 1. The van der Waals surface area contributed by atoms with Crippen LogP contribution >= 0.6 is 0 Å². The van der Waals surface area contributed by atoms with Crippen LogP contribution in [0.1, 0.15) is 20.8 Å². The van der Waals surface area contributed by atoms with E-state index in [9.17, 15) is 13.2 Å². The van der Waals surface area contributed by atoms with Crippen LogP contribution in [0, 0.1) is 0 Å². The highest BCUT2D eigenvalue weighted by Crippen LogP contribution is 2.06. The number of rotatable bonds is 3. The highest BCUT2D eigenvalue weighted by molar-refractivity contribution is 7.94. The number of amides is 1. The SMILES string of the molecule is C=C(CNC(=O)OC(C)(C)C)S(C)(=O)=O. The zero-order valence-corrected chi connectivity index (χ0v) is 10.3. The zero-order valence-electron chi connectivity index (χ0n) is 9.46. The third kappa shape index (κ3) is 6.96. The molecule has 0 bridgehead atoms. The fourth-order valence-electron chi connectivity index (χ4n) is 0.616. The van der Waals surface area contributed by atoms with Crippen molar-refractivity contribution in [2.24, 2.45) is 0 Å². The molecule has 0 atom stereocenters. The molecule has 0 aliphatic carbocycles. The van der Waals surface area contributed by atoms with E-state index < -0.39 is 21.5 Å². The maximum atomic E-state index is 11.1. The summed E-state index contributed by atoms with van der Waals surface area (Å²) in [6, 6.07) is 0. The van der Waals surface area contributed by atoms with Crippen LogP contribution in [0.15, 0.2) is 11.5 Å². The minimum absolute atomic E-state index is 0.0478. The van der Waals surface area contributed by atoms with Crippen LogP contribution < -0.4 is 5.32 Å². The predicted octanol–water partition coefficient (Wildman–Crippen LogP) is 1.07. The van der Waals surface area contributed by atoms with Gasteiger partial charge in [0.2, 0.25) is 0 Å². The Morgan fingerprint density at radius 3 is 2.20 bits per heavy atom. The molecule has 0 radical (unpaired) electrons. The molecule has 5 nitrogen and oxygen atoms in total. The van der Waals surface area contributed by atoms with Gasteiger partial charge in [-0.25, -0.2) is 13.2 Å². The second kappa shape index (κ2) is 4.65. The van der Waals surface area contributed by atoms with Crippen LogP contribution in [0.25, 0.3) is 0 Å². The van der Waals surface area contributed by atoms with Crippen molar-refractivity contribution in [1.82, 2.24) is 5.32 Å². The molecule has 0 aliphatic heterocycles. The van der Waals surface area contributed by atoms with Gasteiger partial charge in [0.15, 0.2) is 9.84 Å². The van der Waals surface area contributed by atoms with Crippen LogP contribution in [0.3, 0.4) is 0 Å². The van der Waals surface area contributed by atoms with Gasteiger partial charge in [0, 0.05) is 6.26 Å². The van der Waals surface area contributed by atoms with E-state index in [4.69, 9.17) is 4.74 Å². The van der Waals surface area contributed by atoms with Gasteiger partial charge in [-0.1, -0.05) is 6.58 Å². The topological polar surface area (TPSA) is 72.5 Å². The molecule has 0 fully saturated rings. The third-order valence-electron chi connectivity index (χ3n) is 1.35. The standard InChI is InChI=1S/C9H17NO4S/c1-7(15(5,12)13)6-10-8(11)14-9(2,3)4/h1,6H2,2-5H3,(H,10,11). The van der Waals surface area contributed by atoms with Crippen molar-refractivity contribution in [3.05, 3.63) is 11.5 Å². The highest BCUT2D eigenvalue weighted by Gasteiger charge is 2.17. The molecule has 0 unspecified atom stereocenters. The zero-order chi connectivity index (χ0) is 12.3. The van der Waals surface area contributed by atoms with E-state index in [2.05, 4.69) is 11.9 Å². The molecular weight excluding hydrogens is 218 g/mol. The summed E-state index contributed by atoms with van der Waals surface area (Å²) >= 11 is 0. The summed E-state index contributed by atoms with van der Waals surface area (Å²) in [5, 5.41) is 2.31. The maximum absolute atomic E-state index is 11.1. The molecule has 0 spiro atoms. The van der Waals surface area contributed by atoms with Gasteiger partial charge in [0.25, 0.3) is 0 Å². The highest BCUT2D eigenvalue weighted by atomic mass is 32.2. The van der Waals surface area contributed by atoms with E-state index in [1.54, 1.807) is 20.8 Å². The monoisotopic (exact) mass is 235 g/mol. The first-order valence-corrected chi connectivity index (χ1v) is 6.26. The number of sulfone groups is 1. The predicted molar refractivity (Wildman–Crippen MR) is 58.2 cm³/mol. The summed E-state index contributed by atoms with van der Waals surface area (Å²) in [5.41, 5.74) is -0.601. The maximum Gasteiger partial charge on any atom is 0.407 e. The van der Waals surface area contributed by atoms with Gasteiger partial charge in [-0.05, 0) is 20.8 Å². The molecule has 0 heterocycles. The van der Waals surface area contributed by atoms with Crippen molar-refractivity contribution >= 4 is 15.9 Å². The van der Waals surface area contributed by atoms with Crippen molar-refractivity contribution in [2.75, 3.05) is 12.8 Å². The molecule has 1 N–H and O–H groups in total. The molecule has 0 saturated heterocycles. The summed E-state index contributed by atoms with van der Waals surface area (Å²) in [6.07, 6.45) is 0.374. The van der Waals surface area contributed by atoms with Crippen LogP contribution in [-0.2, 0) is 14.6 Å². The van der Waals surface area contributed by atoms with Crippen LogP contribution in [0.5, 0.6) is 0 Å². The number of nitrogens with one attached hydrogen (secondary N) is 1. The first kappa shape index (κ1) is 14.0. The molecule has 0 aromatic rings. The quantitative estimate of drug-likeness (QED) is 0.794. The number of alkyl carbamates (subject to hydrolysis) is 1. The van der Waals surface area contributed by atoms with Crippen molar-refractivity contribution < 1.29 is 17.9 Å². The Hall–Kier alpha value is -1.04. The lowest BCUT2D eigenvalue weighted by atomic mass is 10.2. The molecule has 88 valence electrons. The Kier molecular flexibility index (Phi) is 4.33. The van der Waals surface area contributed by atoms with Gasteiger partial charge >= 0.3 is 6.09 Å². The number of carbonyl (C=O) groups is 1. The van der Waals surface area contributed by atoms with Gasteiger partial charge in [0.1, 0.15) is 5.60 Å². The van der Waals surface area contributed by atoms with Crippen molar-refractivity contribution in [1.29, 1.82) is 0 Å². The summed E-state index contributed by atoms with van der Waals surface area (Å²) in [5.74, 6) is 0. The van der Waals surface area contributed by atoms with Gasteiger partial charge in [-0.3, -0.25) is 0 Å². The fourth-order valence-corrected chi connectivity index (χ4v) is 0.950. The van der Waals surface area contributed by atoms with E-state index >= 15 is 0 Å². The molecule has 0 aromatic heterocycles. The lowest BCUT2D eigenvalue weighted by molar-refractivity contribution is 0.0533. The molecule has 1 amide bonds. The Morgan fingerprint density at radius 1 is 1.40 bits per heavy atom. The average Bonchev–Trinajstić information content (AvgIpc) is 1.94. The minimum atomic E-state index is -3.31. The van der Waals surface area contributed by atoms with Gasteiger partial charge < -0.3 is 10.1 Å². The van der Waals surface area contributed by atoms with Crippen molar-refractivity contribution in [3.8, 4) is 0 Å². The summed E-state index contributed by atoms with van der Waals surface area (Å²) in [7, 11) is -3.31. The molecule has 15 heavy (non-hydrogen) atoms. The van der Waals surface area contributed by atoms with E-state index in [-0.39, 0.29) is 11.4 Å². The minimum Gasteiger partial charge on any atom is -0.444 e. The molecular formula is C9H17NO4S. The van der Waals surface area contributed by atoms with Crippen LogP contribution in [-0.4, -0.2) is 32.9 Å². The summed E-state index contributed by atoms with van der Waals surface area (Å²) in [6.45, 7) is 8.37. The lowest BCUT2D eigenvalue weighted by Crippen LogP contribution is -2.34. The lowest BCUT2D eigenvalue weighted by Gasteiger charge is -2.19. The Morgan fingerprint density at radius 2 is 1.87 bits per heavy atom. The van der Waals surface area contributed by atoms with E-state index in [1.165, 1.54) is 0 Å². The number of ether oxygens (including phenoxy) is 1. The normalized spacial score (nSPS) is 12.0. The van der Waals surface area contributed by atoms with Gasteiger partial charge in [-0.15, -0.1) is 0 Å². The average molecular weight is 235 g/mol. The number of hydrogen-bond acceptors (Lipinski definition) is 4. The largest absolute Gasteiger partial charge is 0.444 e. The van der Waals surface area contributed by atoms with Crippen LogP contribution in [0.4, 0.5) is 4.79 Å². The van der Waals surface area contributed by atoms with E-state index in [0.29, 0.717) is 0 Å². The first-order chi connectivity index (χ1) is 6.52. The van der Waals surface area contributed by atoms with Gasteiger partial charge in [0.05, 0.1) is 11.4 Å². The van der Waals surface area contributed by atoms with Gasteiger partial charge in [-0.2, -0.15) is 0 Å². The Bertz CT molecular complexity index is 351. The second-order valence-electron chi connectivity index (χ2n) is 4.17. The van der Waals surface area contributed by atoms with E-state index in [1.807, 2.05) is 0 Å². The summed E-state index contributed by atoms with van der Waals surface area (Å²) in [4.78, 5) is 11.1. The molecule has 0 aliphatic rings. The first-order valence-electron chi connectivity index (χ1n) is 4.37. The second-order valence-corrected chi connectivity index (χ2v) is 6.29. The molecule has 0 rings (SSSR count). The van der Waals surface area contributed by atoms with Crippen molar-refractivity contribution in [2.45, 2.75) is 26.4 Å². The van der Waals surface area contributed by atoms with Crippen molar-refractivity contribution in [3.63, 3.8) is 0 Å². The molecule has 0 saturated carbocycles. The third-order valence-corrected chi connectivity index (χ3v) is 2.55. The van der Waals surface area contributed by atoms with Crippen LogP contribution in [0.2, 0.25) is 0 Å².